The second-order valence-electron chi connectivity index (χ2n) is 7.03. The van der Waals surface area contributed by atoms with Crippen LogP contribution in [0.5, 0.6) is 11.5 Å². The van der Waals surface area contributed by atoms with E-state index >= 15 is 0 Å². The lowest BCUT2D eigenvalue weighted by Crippen LogP contribution is -2.41. The number of para-hydroxylation sites is 1. The lowest BCUT2D eigenvalue weighted by atomic mass is 10.1. The van der Waals surface area contributed by atoms with Crippen LogP contribution in [-0.2, 0) is 17.8 Å². The van der Waals surface area contributed by atoms with Crippen LogP contribution in [0.3, 0.4) is 0 Å². The van der Waals surface area contributed by atoms with Crippen LogP contribution < -0.4 is 15.6 Å². The normalized spacial score (nSPS) is 10.4. The SMILES string of the molecule is Cc1cc(OCc2ccc(C(=O)NNC(=O)CCc3ccccc3O)cc2)ccc1Cl. The molecule has 3 N–H and O–H groups in total. The quantitative estimate of drug-likeness (QED) is 0.479. The largest absolute Gasteiger partial charge is 0.508 e. The van der Waals surface area contributed by atoms with Gasteiger partial charge in [-0.05, 0) is 66.4 Å². The van der Waals surface area contributed by atoms with Gasteiger partial charge < -0.3 is 9.84 Å². The molecule has 0 aliphatic carbocycles. The standard InChI is InChI=1S/C24H23ClN2O4/c1-16-14-20(11-12-21(16)25)31-15-17-6-8-19(9-7-17)24(30)27-26-23(29)13-10-18-4-2-3-5-22(18)28/h2-9,11-12,14,28H,10,13,15H2,1H3,(H,26,29)(H,27,30). The summed E-state index contributed by atoms with van der Waals surface area (Å²) < 4.78 is 5.74. The molecule has 0 saturated heterocycles. The average Bonchev–Trinajstić information content (AvgIpc) is 2.78. The number of carbonyl (C=O) groups is 2. The molecule has 3 aromatic carbocycles. The summed E-state index contributed by atoms with van der Waals surface area (Å²) in [5.41, 5.74) is 7.70. The molecule has 31 heavy (non-hydrogen) atoms. The number of phenolic OH excluding ortho intramolecular Hbond substituents is 1. The van der Waals surface area contributed by atoms with Crippen molar-refractivity contribution in [3.05, 3.63) is 94.0 Å². The summed E-state index contributed by atoms with van der Waals surface area (Å²) in [7, 11) is 0. The Labute approximate surface area is 185 Å². The van der Waals surface area contributed by atoms with Crippen LogP contribution in [-0.4, -0.2) is 16.9 Å². The zero-order valence-corrected chi connectivity index (χ0v) is 17.8. The molecule has 0 bridgehead atoms. The summed E-state index contributed by atoms with van der Waals surface area (Å²) in [6.07, 6.45) is 0.508. The van der Waals surface area contributed by atoms with E-state index in [2.05, 4.69) is 10.9 Å². The highest BCUT2D eigenvalue weighted by molar-refractivity contribution is 6.31. The number of benzene rings is 3. The molecule has 0 radical (unpaired) electrons. The van der Waals surface area contributed by atoms with Crippen LogP contribution >= 0.6 is 11.6 Å². The fourth-order valence-corrected chi connectivity index (χ4v) is 2.98. The number of phenols is 1. The Hall–Kier alpha value is -3.51. The van der Waals surface area contributed by atoms with Gasteiger partial charge in [0.1, 0.15) is 18.1 Å². The van der Waals surface area contributed by atoms with Gasteiger partial charge in [-0.1, -0.05) is 41.9 Å². The molecule has 0 unspecified atom stereocenters. The van der Waals surface area contributed by atoms with E-state index in [4.69, 9.17) is 16.3 Å². The number of rotatable bonds is 7. The fourth-order valence-electron chi connectivity index (χ4n) is 2.86. The van der Waals surface area contributed by atoms with E-state index in [1.165, 1.54) is 0 Å². The van der Waals surface area contributed by atoms with Gasteiger partial charge in [0.25, 0.3) is 5.91 Å². The third-order valence-electron chi connectivity index (χ3n) is 4.68. The highest BCUT2D eigenvalue weighted by atomic mass is 35.5. The zero-order chi connectivity index (χ0) is 22.2. The Bertz CT molecular complexity index is 1070. The molecule has 0 heterocycles. The number of hydrogen-bond donors (Lipinski definition) is 3. The maximum atomic E-state index is 12.2. The van der Waals surface area contributed by atoms with Crippen molar-refractivity contribution in [3.63, 3.8) is 0 Å². The highest BCUT2D eigenvalue weighted by Gasteiger charge is 2.09. The molecule has 2 amide bonds. The molecule has 0 aromatic heterocycles. The van der Waals surface area contributed by atoms with Crippen LogP contribution in [0.15, 0.2) is 66.7 Å². The number of hydrazine groups is 1. The van der Waals surface area contributed by atoms with Crippen molar-refractivity contribution in [2.45, 2.75) is 26.4 Å². The van der Waals surface area contributed by atoms with E-state index in [0.717, 1.165) is 16.9 Å². The minimum absolute atomic E-state index is 0.137. The number of halogens is 1. The molecule has 160 valence electrons. The third-order valence-corrected chi connectivity index (χ3v) is 5.10. The van der Waals surface area contributed by atoms with Crippen LogP contribution in [0, 0.1) is 6.92 Å². The minimum Gasteiger partial charge on any atom is -0.508 e. The van der Waals surface area contributed by atoms with Crippen LogP contribution in [0.4, 0.5) is 0 Å². The molecule has 0 atom stereocenters. The predicted molar refractivity (Wildman–Crippen MR) is 119 cm³/mol. The average molecular weight is 439 g/mol. The Morgan fingerprint density at radius 2 is 1.74 bits per heavy atom. The van der Waals surface area contributed by atoms with Crippen LogP contribution in [0.1, 0.15) is 33.5 Å². The van der Waals surface area contributed by atoms with Gasteiger partial charge in [0, 0.05) is 17.0 Å². The summed E-state index contributed by atoms with van der Waals surface area (Å²) >= 11 is 6.01. The summed E-state index contributed by atoms with van der Waals surface area (Å²) in [5.74, 6) is 0.0986. The van der Waals surface area contributed by atoms with Gasteiger partial charge in [0.2, 0.25) is 5.91 Å². The molecule has 0 aliphatic rings. The first kappa shape index (κ1) is 22.2. The Morgan fingerprint density at radius 1 is 1.00 bits per heavy atom. The van der Waals surface area contributed by atoms with Gasteiger partial charge in [-0.3, -0.25) is 20.4 Å². The summed E-state index contributed by atoms with van der Waals surface area (Å²) in [6, 6.07) is 19.2. The van der Waals surface area contributed by atoms with Crippen molar-refractivity contribution >= 4 is 23.4 Å². The third kappa shape index (κ3) is 6.49. The molecule has 7 heteroatoms. The smallest absolute Gasteiger partial charge is 0.269 e. The minimum atomic E-state index is -0.420. The molecule has 0 aliphatic heterocycles. The fraction of sp³-hybridized carbons (Fsp3) is 0.167. The Morgan fingerprint density at radius 3 is 2.45 bits per heavy atom. The van der Waals surface area contributed by atoms with Crippen LogP contribution in [0.2, 0.25) is 5.02 Å². The van der Waals surface area contributed by atoms with Crippen molar-refractivity contribution in [1.29, 1.82) is 0 Å². The predicted octanol–water partition coefficient (Wildman–Crippen LogP) is 4.33. The van der Waals surface area contributed by atoms with Gasteiger partial charge in [-0.25, -0.2) is 0 Å². The molecular formula is C24H23ClN2O4. The van der Waals surface area contributed by atoms with Crippen molar-refractivity contribution in [1.82, 2.24) is 10.9 Å². The number of carbonyl (C=O) groups excluding carboxylic acids is 2. The van der Waals surface area contributed by atoms with Crippen molar-refractivity contribution in [3.8, 4) is 11.5 Å². The first-order valence-corrected chi connectivity index (χ1v) is 10.1. The number of aryl methyl sites for hydroxylation is 2. The Balaban J connectivity index is 1.44. The van der Waals surface area contributed by atoms with Crippen molar-refractivity contribution in [2.75, 3.05) is 0 Å². The summed E-state index contributed by atoms with van der Waals surface area (Å²) in [6.45, 7) is 2.26. The van der Waals surface area contributed by atoms with E-state index in [9.17, 15) is 14.7 Å². The lowest BCUT2D eigenvalue weighted by molar-refractivity contribution is -0.121. The molecule has 3 aromatic rings. The monoisotopic (exact) mass is 438 g/mol. The van der Waals surface area contributed by atoms with E-state index in [1.807, 2.05) is 13.0 Å². The molecule has 0 spiro atoms. The molecule has 6 nitrogen and oxygen atoms in total. The maximum absolute atomic E-state index is 12.2. The number of hydrogen-bond acceptors (Lipinski definition) is 4. The van der Waals surface area contributed by atoms with E-state index in [1.54, 1.807) is 60.7 Å². The second-order valence-corrected chi connectivity index (χ2v) is 7.43. The van der Waals surface area contributed by atoms with Gasteiger partial charge in [-0.2, -0.15) is 0 Å². The van der Waals surface area contributed by atoms with Gasteiger partial charge in [0.05, 0.1) is 0 Å². The maximum Gasteiger partial charge on any atom is 0.269 e. The van der Waals surface area contributed by atoms with E-state index < -0.39 is 5.91 Å². The van der Waals surface area contributed by atoms with Gasteiger partial charge >= 0.3 is 0 Å². The molecule has 0 fully saturated rings. The van der Waals surface area contributed by atoms with Gasteiger partial charge in [0.15, 0.2) is 0 Å². The van der Waals surface area contributed by atoms with E-state index in [0.29, 0.717) is 29.2 Å². The zero-order valence-electron chi connectivity index (χ0n) is 17.0. The topological polar surface area (TPSA) is 87.7 Å². The molecule has 0 saturated carbocycles. The number of ether oxygens (including phenoxy) is 1. The Kier molecular flexibility index (Phi) is 7.51. The van der Waals surface area contributed by atoms with Crippen LogP contribution in [0.25, 0.3) is 0 Å². The first-order valence-electron chi connectivity index (χ1n) is 9.76. The summed E-state index contributed by atoms with van der Waals surface area (Å²) in [4.78, 5) is 24.2. The molecule has 3 rings (SSSR count). The first-order chi connectivity index (χ1) is 14.9. The van der Waals surface area contributed by atoms with Crippen molar-refractivity contribution in [2.24, 2.45) is 0 Å². The number of aromatic hydroxyl groups is 1. The lowest BCUT2D eigenvalue weighted by Gasteiger charge is -2.10. The van der Waals surface area contributed by atoms with Crippen molar-refractivity contribution < 1.29 is 19.4 Å². The highest BCUT2D eigenvalue weighted by Crippen LogP contribution is 2.22. The summed E-state index contributed by atoms with van der Waals surface area (Å²) in [5, 5.41) is 10.4. The molecular weight excluding hydrogens is 416 g/mol. The number of nitrogens with one attached hydrogen (secondary N) is 2. The van der Waals surface area contributed by atoms with Gasteiger partial charge in [-0.15, -0.1) is 0 Å². The second kappa shape index (κ2) is 10.5. The van der Waals surface area contributed by atoms with E-state index in [-0.39, 0.29) is 18.1 Å². The number of amides is 2.